The third-order valence-corrected chi connectivity index (χ3v) is 2.64. The van der Waals surface area contributed by atoms with Gasteiger partial charge >= 0.3 is 0 Å². The van der Waals surface area contributed by atoms with Gasteiger partial charge in [-0.15, -0.1) is 0 Å². The van der Waals surface area contributed by atoms with E-state index in [1.54, 1.807) is 6.07 Å². The molecule has 0 saturated carbocycles. The summed E-state index contributed by atoms with van der Waals surface area (Å²) < 4.78 is 45.0. The summed E-state index contributed by atoms with van der Waals surface area (Å²) >= 11 is 0. The summed E-state index contributed by atoms with van der Waals surface area (Å²) in [5.74, 6) is -2.49. The van der Waals surface area contributed by atoms with Crippen LogP contribution in [0.4, 0.5) is 13.2 Å². The molecule has 1 atom stereocenters. The van der Waals surface area contributed by atoms with Crippen molar-refractivity contribution in [2.75, 3.05) is 6.61 Å². The van der Waals surface area contributed by atoms with Crippen molar-refractivity contribution in [2.45, 2.75) is 6.04 Å². The first kappa shape index (κ1) is 13.4. The van der Waals surface area contributed by atoms with Crippen LogP contribution in [-0.4, -0.2) is 6.61 Å². The predicted molar refractivity (Wildman–Crippen MR) is 65.2 cm³/mol. The minimum atomic E-state index is -1.01. The van der Waals surface area contributed by atoms with Crippen LogP contribution in [0.25, 0.3) is 0 Å². The number of benzene rings is 2. The van der Waals surface area contributed by atoms with Gasteiger partial charge in [-0.3, -0.25) is 0 Å². The summed E-state index contributed by atoms with van der Waals surface area (Å²) in [5.41, 5.74) is 5.71. The number of hydrogen-bond donors (Lipinski definition) is 1. The highest BCUT2D eigenvalue weighted by Crippen LogP contribution is 2.20. The quantitative estimate of drug-likeness (QED) is 0.923. The zero-order valence-corrected chi connectivity index (χ0v) is 9.95. The Balaban J connectivity index is 2.08. The highest BCUT2D eigenvalue weighted by molar-refractivity contribution is 5.25. The average molecular weight is 267 g/mol. The Kier molecular flexibility index (Phi) is 4.06. The highest BCUT2D eigenvalue weighted by Gasteiger charge is 2.15. The lowest BCUT2D eigenvalue weighted by Crippen LogP contribution is -2.21. The van der Waals surface area contributed by atoms with Crippen molar-refractivity contribution in [1.82, 2.24) is 0 Å². The second-order valence-corrected chi connectivity index (χ2v) is 3.99. The van der Waals surface area contributed by atoms with E-state index in [-0.39, 0.29) is 17.9 Å². The van der Waals surface area contributed by atoms with E-state index in [1.165, 1.54) is 30.3 Å². The van der Waals surface area contributed by atoms with Crippen LogP contribution < -0.4 is 10.5 Å². The third-order valence-electron chi connectivity index (χ3n) is 2.64. The van der Waals surface area contributed by atoms with Crippen molar-refractivity contribution in [2.24, 2.45) is 5.73 Å². The molecule has 0 aliphatic heterocycles. The zero-order valence-electron chi connectivity index (χ0n) is 9.95. The van der Waals surface area contributed by atoms with Crippen molar-refractivity contribution < 1.29 is 17.9 Å². The van der Waals surface area contributed by atoms with Crippen LogP contribution >= 0.6 is 0 Å². The fourth-order valence-electron chi connectivity index (χ4n) is 1.64. The standard InChI is InChI=1S/C14H12F3NO/c15-10-5-1-2-7-13(10)19-8-12(18)9-4-3-6-11(16)14(9)17/h1-7,12H,8,18H2. The SMILES string of the molecule is NC(COc1ccccc1F)c1cccc(F)c1F. The van der Waals surface area contributed by atoms with Gasteiger partial charge in [-0.05, 0) is 18.2 Å². The Morgan fingerprint density at radius 3 is 2.37 bits per heavy atom. The number of ether oxygens (including phenoxy) is 1. The summed E-state index contributed by atoms with van der Waals surface area (Å²) in [6, 6.07) is 8.65. The first-order valence-electron chi connectivity index (χ1n) is 5.66. The molecule has 0 bridgehead atoms. The van der Waals surface area contributed by atoms with Gasteiger partial charge < -0.3 is 10.5 Å². The average Bonchev–Trinajstić information content (AvgIpc) is 2.40. The van der Waals surface area contributed by atoms with Crippen LogP contribution in [0.3, 0.4) is 0 Å². The van der Waals surface area contributed by atoms with Crippen molar-refractivity contribution >= 4 is 0 Å². The number of para-hydroxylation sites is 1. The molecule has 0 spiro atoms. The third kappa shape index (κ3) is 3.06. The molecular weight excluding hydrogens is 255 g/mol. The lowest BCUT2D eigenvalue weighted by atomic mass is 10.1. The maximum absolute atomic E-state index is 13.5. The van der Waals surface area contributed by atoms with Gasteiger partial charge in [-0.1, -0.05) is 24.3 Å². The molecule has 19 heavy (non-hydrogen) atoms. The zero-order chi connectivity index (χ0) is 13.8. The van der Waals surface area contributed by atoms with E-state index < -0.39 is 23.5 Å². The predicted octanol–water partition coefficient (Wildman–Crippen LogP) is 3.18. The lowest BCUT2D eigenvalue weighted by molar-refractivity contribution is 0.274. The Bertz CT molecular complexity index is 574. The molecule has 0 amide bonds. The highest BCUT2D eigenvalue weighted by atomic mass is 19.2. The van der Waals surface area contributed by atoms with Gasteiger partial charge in [0.1, 0.15) is 6.61 Å². The summed E-state index contributed by atoms with van der Waals surface area (Å²) in [5, 5.41) is 0. The van der Waals surface area contributed by atoms with Crippen LogP contribution in [-0.2, 0) is 0 Å². The van der Waals surface area contributed by atoms with Gasteiger partial charge in [0, 0.05) is 5.56 Å². The van der Waals surface area contributed by atoms with Gasteiger partial charge in [0.2, 0.25) is 0 Å². The summed E-state index contributed by atoms with van der Waals surface area (Å²) in [6.45, 7) is -0.151. The summed E-state index contributed by atoms with van der Waals surface area (Å²) in [4.78, 5) is 0. The van der Waals surface area contributed by atoms with E-state index in [9.17, 15) is 13.2 Å². The second kappa shape index (κ2) is 5.75. The Hall–Kier alpha value is -2.01. The fraction of sp³-hybridized carbons (Fsp3) is 0.143. The maximum Gasteiger partial charge on any atom is 0.165 e. The molecule has 2 nitrogen and oxygen atoms in total. The van der Waals surface area contributed by atoms with Crippen molar-refractivity contribution in [3.8, 4) is 5.75 Å². The first-order chi connectivity index (χ1) is 9.09. The molecule has 2 rings (SSSR count). The van der Waals surface area contributed by atoms with Crippen LogP contribution in [0.15, 0.2) is 42.5 Å². The minimum absolute atomic E-state index is 0.00339. The molecule has 5 heteroatoms. The Labute approximate surface area is 108 Å². The molecule has 0 aromatic heterocycles. The lowest BCUT2D eigenvalue weighted by Gasteiger charge is -2.14. The van der Waals surface area contributed by atoms with E-state index in [0.29, 0.717) is 0 Å². The number of rotatable bonds is 4. The van der Waals surface area contributed by atoms with Crippen molar-refractivity contribution in [1.29, 1.82) is 0 Å². The molecular formula is C14H12F3NO. The first-order valence-corrected chi connectivity index (χ1v) is 5.66. The van der Waals surface area contributed by atoms with E-state index in [1.807, 2.05) is 0 Å². The van der Waals surface area contributed by atoms with Crippen LogP contribution in [0.1, 0.15) is 11.6 Å². The van der Waals surface area contributed by atoms with Gasteiger partial charge in [-0.25, -0.2) is 13.2 Å². The van der Waals surface area contributed by atoms with E-state index in [2.05, 4.69) is 0 Å². The topological polar surface area (TPSA) is 35.2 Å². The summed E-state index contributed by atoms with van der Waals surface area (Å²) in [6.07, 6.45) is 0. The molecule has 2 aromatic carbocycles. The fourth-order valence-corrected chi connectivity index (χ4v) is 1.64. The normalized spacial score (nSPS) is 12.2. The van der Waals surface area contributed by atoms with Gasteiger partial charge in [0.05, 0.1) is 6.04 Å². The van der Waals surface area contributed by atoms with Gasteiger partial charge in [0.25, 0.3) is 0 Å². The Morgan fingerprint density at radius 2 is 1.63 bits per heavy atom. The maximum atomic E-state index is 13.5. The smallest absolute Gasteiger partial charge is 0.165 e. The van der Waals surface area contributed by atoms with E-state index >= 15 is 0 Å². The van der Waals surface area contributed by atoms with Crippen molar-refractivity contribution in [3.05, 3.63) is 65.5 Å². The molecule has 0 radical (unpaired) electrons. The van der Waals surface area contributed by atoms with Gasteiger partial charge in [0.15, 0.2) is 23.2 Å². The number of halogens is 3. The van der Waals surface area contributed by atoms with Gasteiger partial charge in [-0.2, -0.15) is 0 Å². The molecule has 100 valence electrons. The van der Waals surface area contributed by atoms with Crippen molar-refractivity contribution in [3.63, 3.8) is 0 Å². The molecule has 2 N–H and O–H groups in total. The Morgan fingerprint density at radius 1 is 0.947 bits per heavy atom. The summed E-state index contributed by atoms with van der Waals surface area (Å²) in [7, 11) is 0. The number of nitrogens with two attached hydrogens (primary N) is 1. The van der Waals surface area contributed by atoms with Crippen LogP contribution in [0, 0.1) is 17.5 Å². The molecule has 1 unspecified atom stereocenters. The molecule has 0 saturated heterocycles. The molecule has 0 aliphatic carbocycles. The second-order valence-electron chi connectivity index (χ2n) is 3.99. The molecule has 2 aromatic rings. The molecule has 0 aliphatic rings. The van der Waals surface area contributed by atoms with Crippen LogP contribution in [0.2, 0.25) is 0 Å². The molecule has 0 heterocycles. The number of hydrogen-bond acceptors (Lipinski definition) is 2. The largest absolute Gasteiger partial charge is 0.489 e. The monoisotopic (exact) mass is 267 g/mol. The minimum Gasteiger partial charge on any atom is -0.489 e. The van der Waals surface area contributed by atoms with E-state index in [0.717, 1.165) is 6.07 Å². The van der Waals surface area contributed by atoms with Crippen LogP contribution in [0.5, 0.6) is 5.75 Å². The van der Waals surface area contributed by atoms with E-state index in [4.69, 9.17) is 10.5 Å². The molecule has 0 fully saturated rings.